The van der Waals surface area contributed by atoms with E-state index in [0.717, 1.165) is 37.0 Å². The zero-order valence-corrected chi connectivity index (χ0v) is 25.8. The molecule has 0 bridgehead atoms. The first kappa shape index (κ1) is 30.4. The highest BCUT2D eigenvalue weighted by Crippen LogP contribution is 2.70. The van der Waals surface area contributed by atoms with E-state index in [-0.39, 0.29) is 29.4 Å². The van der Waals surface area contributed by atoms with Gasteiger partial charge in [-0.2, -0.15) is 0 Å². The molecule has 0 amide bonds. The van der Waals surface area contributed by atoms with Crippen LogP contribution in [0.1, 0.15) is 126 Å². The maximum atomic E-state index is 12.6. The second-order valence-electron chi connectivity index (χ2n) is 14.6. The van der Waals surface area contributed by atoms with Crippen molar-refractivity contribution in [2.75, 3.05) is 0 Å². The molecule has 10 atom stereocenters. The summed E-state index contributed by atoms with van der Waals surface area (Å²) in [5.41, 5.74) is -1.04. The van der Waals surface area contributed by atoms with Gasteiger partial charge < -0.3 is 14.2 Å². The topological polar surface area (TPSA) is 78.9 Å². The molecule has 0 aromatic rings. The molecule has 39 heavy (non-hydrogen) atoms. The second-order valence-corrected chi connectivity index (χ2v) is 14.6. The Bertz CT molecular complexity index is 929. The summed E-state index contributed by atoms with van der Waals surface area (Å²) in [4.78, 5) is 37.0. The van der Waals surface area contributed by atoms with Crippen LogP contribution in [-0.2, 0) is 28.6 Å². The molecule has 222 valence electrons. The molecule has 0 radical (unpaired) electrons. The average Bonchev–Trinajstić information content (AvgIpc) is 3.16. The first-order valence-electron chi connectivity index (χ1n) is 15.8. The van der Waals surface area contributed by atoms with Gasteiger partial charge in [0.1, 0.15) is 12.2 Å². The molecule has 0 saturated heterocycles. The first-order chi connectivity index (χ1) is 18.2. The summed E-state index contributed by atoms with van der Waals surface area (Å²) in [5, 5.41) is 0. The van der Waals surface area contributed by atoms with Gasteiger partial charge in [-0.15, -0.1) is 0 Å². The van der Waals surface area contributed by atoms with Gasteiger partial charge in [0.25, 0.3) is 0 Å². The predicted molar refractivity (Wildman–Crippen MR) is 151 cm³/mol. The fourth-order valence-corrected chi connectivity index (χ4v) is 10.4. The van der Waals surface area contributed by atoms with Crippen molar-refractivity contribution in [1.82, 2.24) is 0 Å². The van der Waals surface area contributed by atoms with E-state index in [2.05, 4.69) is 34.6 Å². The Morgan fingerprint density at radius 3 is 2.13 bits per heavy atom. The van der Waals surface area contributed by atoms with Crippen LogP contribution in [-0.4, -0.2) is 35.7 Å². The van der Waals surface area contributed by atoms with Gasteiger partial charge in [0, 0.05) is 32.6 Å². The Morgan fingerprint density at radius 1 is 0.821 bits per heavy atom. The van der Waals surface area contributed by atoms with Crippen molar-refractivity contribution in [3.63, 3.8) is 0 Å². The first-order valence-corrected chi connectivity index (χ1v) is 15.8. The Kier molecular flexibility index (Phi) is 8.84. The van der Waals surface area contributed by atoms with Crippen LogP contribution in [0.15, 0.2) is 0 Å². The Morgan fingerprint density at radius 2 is 1.51 bits per heavy atom. The van der Waals surface area contributed by atoms with Crippen molar-refractivity contribution < 1.29 is 28.6 Å². The summed E-state index contributed by atoms with van der Waals surface area (Å²) in [7, 11) is 0. The van der Waals surface area contributed by atoms with Crippen LogP contribution in [0.2, 0.25) is 0 Å². The molecule has 4 aliphatic carbocycles. The molecule has 4 rings (SSSR count). The Balaban J connectivity index is 1.66. The third kappa shape index (κ3) is 5.52. The highest BCUT2D eigenvalue weighted by molar-refractivity contribution is 5.68. The molecule has 6 heteroatoms. The number of carbonyl (C=O) groups is 3. The summed E-state index contributed by atoms with van der Waals surface area (Å²) >= 11 is 0. The molecule has 0 aliphatic heterocycles. The quantitative estimate of drug-likeness (QED) is 0.235. The number of esters is 3. The minimum absolute atomic E-state index is 0.298. The van der Waals surface area contributed by atoms with Crippen LogP contribution in [0.5, 0.6) is 0 Å². The van der Waals surface area contributed by atoms with Crippen molar-refractivity contribution in [3.8, 4) is 0 Å². The van der Waals surface area contributed by atoms with Gasteiger partial charge in [-0.3, -0.25) is 14.4 Å². The van der Waals surface area contributed by atoms with Crippen LogP contribution in [0.25, 0.3) is 0 Å². The number of hydrogen-bond donors (Lipinski definition) is 0. The SMILES string of the molecule is CC(=O)O[C@H]1CC[C@]2(C)[C@@H]3CC[C@@]4(C)[C@@H](CC[C@H]4[C@H](C)CCCC(C)C)[C@H]3C[C@@H](OC(C)=O)[C@@]2(OC(C)=O)C1. The fourth-order valence-electron chi connectivity index (χ4n) is 10.4. The highest BCUT2D eigenvalue weighted by atomic mass is 16.6. The monoisotopic (exact) mass is 546 g/mol. The molecule has 0 aromatic heterocycles. The van der Waals surface area contributed by atoms with Gasteiger partial charge in [0.15, 0.2) is 5.60 Å². The van der Waals surface area contributed by atoms with E-state index in [4.69, 9.17) is 14.2 Å². The standard InChI is InChI=1S/C33H54O6/c1-20(2)10-9-11-21(3)27-12-13-28-26-18-30(38-23(5)35)33(39-24(6)36)19-25(37-22(4)34)14-17-32(33,8)29(26)15-16-31(27,28)7/h20-21,25-30H,9-19H2,1-8H3/t21-,25+,26-,27+,28+,29-,30-,31-,32-,33+/m1/s1. The normalized spacial score (nSPS) is 42.1. The smallest absolute Gasteiger partial charge is 0.303 e. The summed E-state index contributed by atoms with van der Waals surface area (Å²) in [6.45, 7) is 16.3. The molecular formula is C33H54O6. The van der Waals surface area contributed by atoms with E-state index in [0.29, 0.717) is 36.0 Å². The van der Waals surface area contributed by atoms with Crippen LogP contribution in [0, 0.1) is 46.3 Å². The molecule has 0 spiro atoms. The second kappa shape index (κ2) is 11.4. The number of hydrogen-bond acceptors (Lipinski definition) is 6. The van der Waals surface area contributed by atoms with Crippen molar-refractivity contribution in [3.05, 3.63) is 0 Å². The molecule has 0 aromatic carbocycles. The van der Waals surface area contributed by atoms with E-state index in [1.165, 1.54) is 59.3 Å². The summed E-state index contributed by atoms with van der Waals surface area (Å²) in [5.74, 6) is 2.58. The lowest BCUT2D eigenvalue weighted by molar-refractivity contribution is -0.279. The van der Waals surface area contributed by atoms with E-state index in [1.807, 2.05) is 0 Å². The van der Waals surface area contributed by atoms with Gasteiger partial charge in [-0.1, -0.05) is 53.9 Å². The lowest BCUT2D eigenvalue weighted by Gasteiger charge is -2.66. The number of carbonyl (C=O) groups excluding carboxylic acids is 3. The number of fused-ring (bicyclic) bond motifs is 5. The lowest BCUT2D eigenvalue weighted by atomic mass is 9.42. The van der Waals surface area contributed by atoms with Crippen molar-refractivity contribution in [2.24, 2.45) is 46.3 Å². The largest absolute Gasteiger partial charge is 0.462 e. The van der Waals surface area contributed by atoms with Crippen LogP contribution in [0.4, 0.5) is 0 Å². The van der Waals surface area contributed by atoms with E-state index in [9.17, 15) is 14.4 Å². The molecule has 6 nitrogen and oxygen atoms in total. The molecule has 4 fully saturated rings. The van der Waals surface area contributed by atoms with Gasteiger partial charge in [-0.05, 0) is 85.9 Å². The van der Waals surface area contributed by atoms with Crippen LogP contribution >= 0.6 is 0 Å². The van der Waals surface area contributed by atoms with E-state index >= 15 is 0 Å². The summed E-state index contributed by atoms with van der Waals surface area (Å²) in [6, 6.07) is 0. The van der Waals surface area contributed by atoms with Gasteiger partial charge >= 0.3 is 17.9 Å². The molecule has 0 N–H and O–H groups in total. The molecule has 0 unspecified atom stereocenters. The molecule has 0 heterocycles. The molecular weight excluding hydrogens is 492 g/mol. The van der Waals surface area contributed by atoms with Gasteiger partial charge in [0.05, 0.1) is 0 Å². The average molecular weight is 547 g/mol. The van der Waals surface area contributed by atoms with E-state index < -0.39 is 11.7 Å². The van der Waals surface area contributed by atoms with Crippen molar-refractivity contribution in [2.45, 2.75) is 144 Å². The minimum atomic E-state index is -0.986. The predicted octanol–water partition coefficient (Wildman–Crippen LogP) is 7.27. The minimum Gasteiger partial charge on any atom is -0.462 e. The third-order valence-electron chi connectivity index (χ3n) is 11.9. The maximum Gasteiger partial charge on any atom is 0.303 e. The third-order valence-corrected chi connectivity index (χ3v) is 11.9. The van der Waals surface area contributed by atoms with Crippen LogP contribution < -0.4 is 0 Å². The van der Waals surface area contributed by atoms with Crippen molar-refractivity contribution >= 4 is 17.9 Å². The Labute approximate surface area is 236 Å². The van der Waals surface area contributed by atoms with Gasteiger partial charge in [-0.25, -0.2) is 0 Å². The van der Waals surface area contributed by atoms with Crippen molar-refractivity contribution in [1.29, 1.82) is 0 Å². The van der Waals surface area contributed by atoms with Gasteiger partial charge in [0.2, 0.25) is 0 Å². The number of ether oxygens (including phenoxy) is 3. The zero-order chi connectivity index (χ0) is 28.8. The number of rotatable bonds is 8. The highest BCUT2D eigenvalue weighted by Gasteiger charge is 2.71. The molecule has 4 aliphatic rings. The summed E-state index contributed by atoms with van der Waals surface area (Å²) < 4.78 is 18.1. The summed E-state index contributed by atoms with van der Waals surface area (Å²) in [6.07, 6.45) is 10.5. The van der Waals surface area contributed by atoms with Crippen LogP contribution in [0.3, 0.4) is 0 Å². The lowest BCUT2D eigenvalue weighted by Crippen LogP contribution is -2.70. The fraction of sp³-hybridized carbons (Fsp3) is 0.909. The maximum absolute atomic E-state index is 12.6. The Hall–Kier alpha value is -1.59. The van der Waals surface area contributed by atoms with E-state index in [1.54, 1.807) is 0 Å². The zero-order valence-electron chi connectivity index (χ0n) is 25.8. The molecule has 4 saturated carbocycles.